The van der Waals surface area contributed by atoms with Crippen molar-refractivity contribution >= 4 is 11.9 Å². The fourth-order valence-corrected chi connectivity index (χ4v) is 1.48. The summed E-state index contributed by atoms with van der Waals surface area (Å²) in [4.78, 5) is 26.6. The molecule has 4 N–H and O–H groups in total. The monoisotopic (exact) mass is 251 g/mol. The highest BCUT2D eigenvalue weighted by molar-refractivity contribution is 5.94. The Hall–Kier alpha value is -1.95. The number of hydrogen-bond acceptors (Lipinski definition) is 4. The number of carbonyl (C=O) groups excluding carboxylic acids is 1. The van der Waals surface area contributed by atoms with E-state index in [0.717, 1.165) is 6.42 Å². The van der Waals surface area contributed by atoms with Crippen LogP contribution in [0.3, 0.4) is 0 Å². The molecule has 1 atom stereocenters. The van der Waals surface area contributed by atoms with Crippen LogP contribution in [-0.2, 0) is 4.79 Å². The molecule has 0 aliphatic rings. The van der Waals surface area contributed by atoms with Crippen molar-refractivity contribution in [3.63, 3.8) is 0 Å². The lowest BCUT2D eigenvalue weighted by Gasteiger charge is -2.13. The van der Waals surface area contributed by atoms with E-state index in [0.29, 0.717) is 19.4 Å². The number of carboxylic acids is 1. The number of nitrogens with one attached hydrogen (secondary N) is 1. The normalized spacial score (nSPS) is 11.8. The maximum absolute atomic E-state index is 11.7. The van der Waals surface area contributed by atoms with Crippen LogP contribution in [0.1, 0.15) is 29.8 Å². The van der Waals surface area contributed by atoms with Gasteiger partial charge in [0.05, 0.1) is 0 Å². The minimum Gasteiger partial charge on any atom is -0.480 e. The van der Waals surface area contributed by atoms with E-state index in [2.05, 4.69) is 10.3 Å². The quantitative estimate of drug-likeness (QED) is 0.608. The van der Waals surface area contributed by atoms with Gasteiger partial charge in [-0.2, -0.15) is 0 Å². The summed E-state index contributed by atoms with van der Waals surface area (Å²) in [7, 11) is 0. The number of carbonyl (C=O) groups is 2. The van der Waals surface area contributed by atoms with Crippen LogP contribution < -0.4 is 11.1 Å². The number of carboxylic acid groups (broad SMARTS) is 1. The highest BCUT2D eigenvalue weighted by Gasteiger charge is 2.20. The lowest BCUT2D eigenvalue weighted by Crippen LogP contribution is -2.41. The fourth-order valence-electron chi connectivity index (χ4n) is 1.48. The standard InChI is InChI=1S/C12H17N3O3/c13-7-3-1-6-10(12(17)18)15-11(16)9-5-2-4-8-14-9/h2,4-5,8,10H,1,3,6-7,13H2,(H,15,16)(H,17,18)/t10-/m0/s1. The van der Waals surface area contributed by atoms with Crippen molar-refractivity contribution < 1.29 is 14.7 Å². The van der Waals surface area contributed by atoms with Crippen molar-refractivity contribution in [3.05, 3.63) is 30.1 Å². The van der Waals surface area contributed by atoms with E-state index in [9.17, 15) is 9.59 Å². The molecule has 0 unspecified atom stereocenters. The number of hydrogen-bond donors (Lipinski definition) is 3. The SMILES string of the molecule is NCCCC[C@H](NC(=O)c1ccccn1)C(=O)O. The van der Waals surface area contributed by atoms with Crippen LogP contribution in [-0.4, -0.2) is 34.6 Å². The predicted molar refractivity (Wildman–Crippen MR) is 66.0 cm³/mol. The molecule has 98 valence electrons. The van der Waals surface area contributed by atoms with Gasteiger partial charge < -0.3 is 16.2 Å². The Kier molecular flexibility index (Phi) is 5.79. The van der Waals surface area contributed by atoms with Crippen molar-refractivity contribution in [2.45, 2.75) is 25.3 Å². The molecule has 0 aliphatic heterocycles. The molecule has 18 heavy (non-hydrogen) atoms. The van der Waals surface area contributed by atoms with E-state index in [1.54, 1.807) is 12.1 Å². The lowest BCUT2D eigenvalue weighted by atomic mass is 10.1. The number of aliphatic carboxylic acids is 1. The van der Waals surface area contributed by atoms with Gasteiger partial charge in [-0.1, -0.05) is 6.07 Å². The summed E-state index contributed by atoms with van der Waals surface area (Å²) in [6.45, 7) is 0.514. The third-order valence-electron chi connectivity index (χ3n) is 2.45. The van der Waals surface area contributed by atoms with Crippen molar-refractivity contribution in [1.29, 1.82) is 0 Å². The van der Waals surface area contributed by atoms with Crippen molar-refractivity contribution in [2.75, 3.05) is 6.54 Å². The number of unbranched alkanes of at least 4 members (excludes halogenated alkanes) is 1. The average molecular weight is 251 g/mol. The Morgan fingerprint density at radius 1 is 1.39 bits per heavy atom. The molecule has 1 amide bonds. The summed E-state index contributed by atoms with van der Waals surface area (Å²) >= 11 is 0. The van der Waals surface area contributed by atoms with Gasteiger partial charge in [0.1, 0.15) is 11.7 Å². The minimum absolute atomic E-state index is 0.211. The molecule has 0 saturated carbocycles. The van der Waals surface area contributed by atoms with Crippen LogP contribution in [0.2, 0.25) is 0 Å². The summed E-state index contributed by atoms with van der Waals surface area (Å²) < 4.78 is 0. The Labute approximate surface area is 105 Å². The summed E-state index contributed by atoms with van der Waals surface area (Å²) in [6, 6.07) is 4.00. The second-order valence-electron chi connectivity index (χ2n) is 3.86. The molecule has 6 heteroatoms. The van der Waals surface area contributed by atoms with Gasteiger partial charge in [-0.3, -0.25) is 9.78 Å². The van der Waals surface area contributed by atoms with Gasteiger partial charge in [0.25, 0.3) is 5.91 Å². The molecular weight excluding hydrogens is 234 g/mol. The second kappa shape index (κ2) is 7.39. The Balaban J connectivity index is 2.55. The predicted octanol–water partition coefficient (Wildman–Crippen LogP) is 0.394. The summed E-state index contributed by atoms with van der Waals surface area (Å²) in [6.07, 6.45) is 3.25. The van der Waals surface area contributed by atoms with Gasteiger partial charge in [-0.25, -0.2) is 4.79 Å². The molecule has 0 bridgehead atoms. The van der Waals surface area contributed by atoms with E-state index in [4.69, 9.17) is 10.8 Å². The molecule has 0 aromatic carbocycles. The van der Waals surface area contributed by atoms with Gasteiger partial charge in [-0.15, -0.1) is 0 Å². The summed E-state index contributed by atoms with van der Waals surface area (Å²) in [5.74, 6) is -1.52. The van der Waals surface area contributed by atoms with Crippen LogP contribution in [0, 0.1) is 0 Å². The Morgan fingerprint density at radius 2 is 2.17 bits per heavy atom. The van der Waals surface area contributed by atoms with E-state index in [-0.39, 0.29) is 5.69 Å². The average Bonchev–Trinajstić information content (AvgIpc) is 2.38. The van der Waals surface area contributed by atoms with Crippen molar-refractivity contribution in [3.8, 4) is 0 Å². The van der Waals surface area contributed by atoms with Gasteiger partial charge in [0, 0.05) is 6.20 Å². The fraction of sp³-hybridized carbons (Fsp3) is 0.417. The molecule has 0 saturated heterocycles. The molecule has 0 radical (unpaired) electrons. The zero-order valence-corrected chi connectivity index (χ0v) is 10.0. The number of nitrogens with zero attached hydrogens (tertiary/aromatic N) is 1. The summed E-state index contributed by atoms with van der Waals surface area (Å²) in [5, 5.41) is 11.5. The smallest absolute Gasteiger partial charge is 0.326 e. The molecule has 0 aliphatic carbocycles. The van der Waals surface area contributed by atoms with E-state index < -0.39 is 17.9 Å². The maximum Gasteiger partial charge on any atom is 0.326 e. The molecule has 6 nitrogen and oxygen atoms in total. The molecule has 1 aromatic rings. The number of rotatable bonds is 7. The highest BCUT2D eigenvalue weighted by atomic mass is 16.4. The zero-order valence-electron chi connectivity index (χ0n) is 10.0. The number of aromatic nitrogens is 1. The van der Waals surface area contributed by atoms with Crippen LogP contribution in [0.4, 0.5) is 0 Å². The van der Waals surface area contributed by atoms with E-state index in [1.807, 2.05) is 0 Å². The number of amides is 1. The minimum atomic E-state index is -1.05. The van der Waals surface area contributed by atoms with Gasteiger partial charge in [-0.05, 0) is 37.9 Å². The van der Waals surface area contributed by atoms with Gasteiger partial charge >= 0.3 is 5.97 Å². The van der Waals surface area contributed by atoms with Gasteiger partial charge in [0.2, 0.25) is 0 Å². The zero-order chi connectivity index (χ0) is 13.4. The van der Waals surface area contributed by atoms with Crippen LogP contribution in [0.5, 0.6) is 0 Å². The molecule has 1 aromatic heterocycles. The molecular formula is C12H17N3O3. The first-order chi connectivity index (χ1) is 8.65. The lowest BCUT2D eigenvalue weighted by molar-refractivity contribution is -0.139. The third-order valence-corrected chi connectivity index (χ3v) is 2.45. The summed E-state index contributed by atoms with van der Waals surface area (Å²) in [5.41, 5.74) is 5.55. The topological polar surface area (TPSA) is 105 Å². The second-order valence-corrected chi connectivity index (χ2v) is 3.86. The Morgan fingerprint density at radius 3 is 2.72 bits per heavy atom. The molecule has 0 spiro atoms. The van der Waals surface area contributed by atoms with Crippen LogP contribution >= 0.6 is 0 Å². The first kappa shape index (κ1) is 14.1. The molecule has 0 fully saturated rings. The molecule has 1 heterocycles. The number of pyridine rings is 1. The van der Waals surface area contributed by atoms with Crippen molar-refractivity contribution in [2.24, 2.45) is 5.73 Å². The first-order valence-electron chi connectivity index (χ1n) is 5.80. The van der Waals surface area contributed by atoms with E-state index in [1.165, 1.54) is 12.3 Å². The molecule has 1 rings (SSSR count). The van der Waals surface area contributed by atoms with Crippen molar-refractivity contribution in [1.82, 2.24) is 10.3 Å². The largest absolute Gasteiger partial charge is 0.480 e. The first-order valence-corrected chi connectivity index (χ1v) is 5.80. The van der Waals surface area contributed by atoms with Crippen LogP contribution in [0.25, 0.3) is 0 Å². The maximum atomic E-state index is 11.7. The Bertz CT molecular complexity index is 395. The third kappa shape index (κ3) is 4.50. The number of nitrogens with two attached hydrogens (primary N) is 1. The van der Waals surface area contributed by atoms with Crippen LogP contribution in [0.15, 0.2) is 24.4 Å². The van der Waals surface area contributed by atoms with E-state index >= 15 is 0 Å². The van der Waals surface area contributed by atoms with Gasteiger partial charge in [0.15, 0.2) is 0 Å². The highest BCUT2D eigenvalue weighted by Crippen LogP contribution is 2.02.